The van der Waals surface area contributed by atoms with Gasteiger partial charge in [0.05, 0.1) is 28.9 Å². The number of amides is 1. The second-order valence-electron chi connectivity index (χ2n) is 10.3. The van der Waals surface area contributed by atoms with Crippen LogP contribution in [-0.4, -0.2) is 38.2 Å². The van der Waals surface area contributed by atoms with Gasteiger partial charge in [-0.25, -0.2) is 9.78 Å². The number of hydrogen-bond acceptors (Lipinski definition) is 8. The lowest BCUT2D eigenvalue weighted by Gasteiger charge is -2.27. The predicted molar refractivity (Wildman–Crippen MR) is 135 cm³/mol. The van der Waals surface area contributed by atoms with Crippen LogP contribution < -0.4 is 5.32 Å². The Morgan fingerprint density at radius 2 is 1.88 bits per heavy atom. The van der Waals surface area contributed by atoms with Gasteiger partial charge in [0, 0.05) is 5.56 Å². The number of nitriles is 1. The van der Waals surface area contributed by atoms with E-state index in [2.05, 4.69) is 20.5 Å². The summed E-state index contributed by atoms with van der Waals surface area (Å²) in [5.74, 6) is -3.66. The van der Waals surface area contributed by atoms with E-state index in [1.54, 1.807) is 6.07 Å². The normalized spacial score (nSPS) is 19.3. The first kappa shape index (κ1) is 30.5. The summed E-state index contributed by atoms with van der Waals surface area (Å²) >= 11 is 0. The summed E-state index contributed by atoms with van der Waals surface area (Å²) in [5, 5.41) is 29.8. The van der Waals surface area contributed by atoms with Gasteiger partial charge in [0.1, 0.15) is 5.60 Å². The highest BCUT2D eigenvalue weighted by atomic mass is 19.4. The average Bonchev–Trinajstić information content (AvgIpc) is 3.36. The first-order valence-electron chi connectivity index (χ1n) is 12.4. The highest BCUT2D eigenvalue weighted by Crippen LogP contribution is 2.46. The molecule has 2 N–H and O–H groups in total. The van der Waals surface area contributed by atoms with E-state index < -0.39 is 75.5 Å². The number of rotatable bonds is 1. The van der Waals surface area contributed by atoms with Gasteiger partial charge in [-0.1, -0.05) is 30.4 Å². The molecule has 222 valence electrons. The SMILES string of the molecule is CC(C)(C)OC(=O)Nc1cc(C(F)(F)F)c2nc1-c1nnc(o1)C(O)(C(F)(F)F)c1cccc(c1)C=CCCC2C#N. The van der Waals surface area contributed by atoms with Gasteiger partial charge in [-0.2, -0.15) is 31.6 Å². The third-order valence-corrected chi connectivity index (χ3v) is 6.06. The summed E-state index contributed by atoms with van der Waals surface area (Å²) in [4.78, 5) is 16.5. The number of halogens is 6. The minimum Gasteiger partial charge on any atom is -0.444 e. The molecule has 1 aromatic carbocycles. The maximum absolute atomic E-state index is 14.4. The Balaban J connectivity index is 2.02. The lowest BCUT2D eigenvalue weighted by atomic mass is 9.91. The minimum atomic E-state index is -5.39. The summed E-state index contributed by atoms with van der Waals surface area (Å²) in [5.41, 5.74) is -8.89. The Bertz CT molecular complexity index is 1570. The van der Waals surface area contributed by atoms with E-state index >= 15 is 0 Å². The lowest BCUT2D eigenvalue weighted by Crippen LogP contribution is -2.43. The maximum atomic E-state index is 14.4. The molecule has 0 saturated heterocycles. The minimum absolute atomic E-state index is 0.0440. The van der Waals surface area contributed by atoms with Crippen molar-refractivity contribution in [1.82, 2.24) is 15.2 Å². The molecule has 42 heavy (non-hydrogen) atoms. The molecule has 0 aliphatic carbocycles. The monoisotopic (exact) mass is 595 g/mol. The molecular formula is C27H23F6N5O4. The molecule has 9 nitrogen and oxygen atoms in total. The number of ether oxygens (including phenoxy) is 1. The van der Waals surface area contributed by atoms with Gasteiger partial charge in [-0.3, -0.25) is 5.32 Å². The van der Waals surface area contributed by atoms with Gasteiger partial charge >= 0.3 is 18.4 Å². The predicted octanol–water partition coefficient (Wildman–Crippen LogP) is 6.71. The fraction of sp³-hybridized carbons (Fsp3) is 0.370. The van der Waals surface area contributed by atoms with Crippen molar-refractivity contribution in [2.45, 2.75) is 63.1 Å². The van der Waals surface area contributed by atoms with Crippen molar-refractivity contribution < 1.29 is 45.4 Å². The summed E-state index contributed by atoms with van der Waals surface area (Å²) in [6.45, 7) is 4.48. The van der Waals surface area contributed by atoms with Crippen LogP contribution in [-0.2, 0) is 16.5 Å². The molecule has 3 aromatic rings. The van der Waals surface area contributed by atoms with Crippen LogP contribution in [0.3, 0.4) is 0 Å². The number of nitrogens with zero attached hydrogens (tertiary/aromatic N) is 4. The van der Waals surface area contributed by atoms with E-state index in [9.17, 15) is 41.5 Å². The van der Waals surface area contributed by atoms with Crippen molar-refractivity contribution in [2.24, 2.45) is 0 Å². The smallest absolute Gasteiger partial charge is 0.430 e. The Labute approximate surface area is 234 Å². The Morgan fingerprint density at radius 1 is 1.17 bits per heavy atom. The summed E-state index contributed by atoms with van der Waals surface area (Å²) in [6, 6.07) is 6.96. The fourth-order valence-electron chi connectivity index (χ4n) is 4.18. The van der Waals surface area contributed by atoms with Crippen molar-refractivity contribution in [3.63, 3.8) is 0 Å². The molecule has 2 atom stereocenters. The summed E-state index contributed by atoms with van der Waals surface area (Å²) in [7, 11) is 0. The highest BCUT2D eigenvalue weighted by Gasteiger charge is 2.60. The first-order valence-corrected chi connectivity index (χ1v) is 12.4. The average molecular weight is 596 g/mol. The molecule has 4 rings (SSSR count). The molecule has 0 spiro atoms. The van der Waals surface area contributed by atoms with Crippen LogP contribution in [0.1, 0.15) is 67.8 Å². The zero-order chi connectivity index (χ0) is 31.1. The number of allylic oxidation sites excluding steroid dienone is 1. The zero-order valence-electron chi connectivity index (χ0n) is 22.3. The van der Waals surface area contributed by atoms with Crippen LogP contribution in [0.25, 0.3) is 17.7 Å². The van der Waals surface area contributed by atoms with Gasteiger partial charge in [0.15, 0.2) is 5.69 Å². The van der Waals surface area contributed by atoms with E-state index in [-0.39, 0.29) is 18.4 Å². The van der Waals surface area contributed by atoms with E-state index in [1.807, 2.05) is 0 Å². The second kappa shape index (κ2) is 10.8. The van der Waals surface area contributed by atoms with Crippen LogP contribution >= 0.6 is 0 Å². The number of anilines is 1. The number of alkyl halides is 6. The molecule has 3 heterocycles. The molecule has 15 heteroatoms. The van der Waals surface area contributed by atoms with Crippen LogP contribution in [0.5, 0.6) is 0 Å². The molecule has 1 aliphatic rings. The number of aromatic nitrogens is 3. The van der Waals surface area contributed by atoms with Gasteiger partial charge in [0.2, 0.25) is 0 Å². The number of carbonyl (C=O) groups excluding carboxylic acids is 1. The van der Waals surface area contributed by atoms with E-state index in [0.717, 1.165) is 12.1 Å². The lowest BCUT2D eigenvalue weighted by molar-refractivity contribution is -0.255. The van der Waals surface area contributed by atoms with Gasteiger partial charge in [0.25, 0.3) is 17.4 Å². The molecule has 2 unspecified atom stereocenters. The third-order valence-electron chi connectivity index (χ3n) is 6.06. The van der Waals surface area contributed by atoms with E-state index in [0.29, 0.717) is 6.07 Å². The Kier molecular flexibility index (Phi) is 7.81. The number of carbonyl (C=O) groups is 1. The topological polar surface area (TPSA) is 134 Å². The van der Waals surface area contributed by atoms with Crippen LogP contribution in [0.2, 0.25) is 0 Å². The molecule has 0 fully saturated rings. The van der Waals surface area contributed by atoms with Crippen molar-refractivity contribution in [2.75, 3.05) is 5.32 Å². The third kappa shape index (κ3) is 6.08. The van der Waals surface area contributed by atoms with E-state index in [4.69, 9.17) is 9.15 Å². The summed E-state index contributed by atoms with van der Waals surface area (Å²) in [6.07, 6.45) is -8.92. The molecule has 1 aliphatic heterocycles. The molecule has 6 bridgehead atoms. The molecule has 1 amide bonds. The van der Waals surface area contributed by atoms with Gasteiger partial charge < -0.3 is 14.3 Å². The zero-order valence-corrected chi connectivity index (χ0v) is 22.3. The number of benzene rings is 1. The fourth-order valence-corrected chi connectivity index (χ4v) is 4.18. The van der Waals surface area contributed by atoms with Crippen molar-refractivity contribution in [1.29, 1.82) is 5.26 Å². The second-order valence-corrected chi connectivity index (χ2v) is 10.3. The van der Waals surface area contributed by atoms with Gasteiger partial charge in [-0.05, 0) is 51.3 Å². The Morgan fingerprint density at radius 3 is 2.50 bits per heavy atom. The number of nitrogens with one attached hydrogen (secondary N) is 1. The Hall–Kier alpha value is -4.45. The largest absolute Gasteiger partial charge is 0.444 e. The molecule has 0 saturated carbocycles. The molecule has 0 radical (unpaired) electrons. The van der Waals surface area contributed by atoms with Crippen LogP contribution in [0.15, 0.2) is 40.8 Å². The van der Waals surface area contributed by atoms with E-state index in [1.165, 1.54) is 45.1 Å². The quantitative estimate of drug-likeness (QED) is 0.297. The van der Waals surface area contributed by atoms with Crippen molar-refractivity contribution in [3.8, 4) is 17.7 Å². The van der Waals surface area contributed by atoms with Gasteiger partial charge in [-0.15, -0.1) is 10.2 Å². The number of pyridine rings is 1. The first-order chi connectivity index (χ1) is 19.4. The standard InChI is InChI=1S/C27H23F6N5O4/c1-24(2,3)42-23(39)35-18-12-17(26(28,29)30)19-15(13-34)9-5-4-7-14-8-6-10-16(11-14)25(40,27(31,32)33)22-38-37-21(41-22)20(18)36-19/h4,6-8,10-12,15,40H,5,9H2,1-3H3,(H,35,39). The van der Waals surface area contributed by atoms with Crippen molar-refractivity contribution in [3.05, 3.63) is 64.7 Å². The summed E-state index contributed by atoms with van der Waals surface area (Å²) < 4.78 is 96.2. The maximum Gasteiger partial charge on any atom is 0.430 e. The molecule has 2 aromatic heterocycles. The highest BCUT2D eigenvalue weighted by molar-refractivity contribution is 5.89. The number of aliphatic hydroxyl groups is 1. The number of hydrogen-bond donors (Lipinski definition) is 2. The van der Waals surface area contributed by atoms with Crippen LogP contribution in [0, 0.1) is 11.3 Å². The number of fused-ring (bicyclic) bond motifs is 7. The molecular weight excluding hydrogens is 572 g/mol. The van der Waals surface area contributed by atoms with Crippen molar-refractivity contribution >= 4 is 17.9 Å². The van der Waals surface area contributed by atoms with Crippen LogP contribution in [0.4, 0.5) is 36.8 Å².